The highest BCUT2D eigenvalue weighted by Gasteiger charge is 2.62. The van der Waals surface area contributed by atoms with E-state index in [2.05, 4.69) is 127 Å². The fourth-order valence-electron chi connectivity index (χ4n) is 9.80. The Labute approximate surface area is 243 Å². The Morgan fingerprint density at radius 3 is 1.85 bits per heavy atom. The Kier molecular flexibility index (Phi) is 5.15. The lowest BCUT2D eigenvalue weighted by Gasteiger charge is -2.61. The molecular weight excluding hydrogens is 494 g/mol. The van der Waals surface area contributed by atoms with Gasteiger partial charge in [0.25, 0.3) is 0 Å². The van der Waals surface area contributed by atoms with Crippen LogP contribution in [0.5, 0.6) is 0 Å². The van der Waals surface area contributed by atoms with E-state index in [1.807, 2.05) is 0 Å². The summed E-state index contributed by atoms with van der Waals surface area (Å²) in [5.74, 6) is 3.39. The number of anilines is 2. The van der Waals surface area contributed by atoms with Gasteiger partial charge in [0, 0.05) is 22.4 Å². The lowest BCUT2D eigenvalue weighted by Crippen LogP contribution is -2.55. The van der Waals surface area contributed by atoms with E-state index >= 15 is 0 Å². The normalized spacial score (nSPS) is 26.6. The second kappa shape index (κ2) is 8.95. The summed E-state index contributed by atoms with van der Waals surface area (Å²) in [4.78, 5) is 0. The molecule has 0 amide bonds. The topological polar surface area (TPSA) is 12.0 Å². The summed E-state index contributed by atoms with van der Waals surface area (Å²) in [6.07, 6.45) is 7.08. The number of hydrogen-bond acceptors (Lipinski definition) is 1. The van der Waals surface area contributed by atoms with Gasteiger partial charge in [-0.05, 0) is 113 Å². The molecule has 4 fully saturated rings. The van der Waals surface area contributed by atoms with Crippen LogP contribution in [0.4, 0.5) is 11.4 Å². The van der Waals surface area contributed by atoms with E-state index < -0.39 is 0 Å². The van der Waals surface area contributed by atoms with Gasteiger partial charge in [-0.3, -0.25) is 0 Å². The smallest absolute Gasteiger partial charge is 0.0463 e. The van der Waals surface area contributed by atoms with Crippen LogP contribution >= 0.6 is 0 Å². The SMILES string of the molecule is c1ccc(-c2cccc(-c3ccccc3Nc3cccc4c3C3(c5ccccc5-4)C4CC5CC(C4)CC3C5)c2)cc1. The standard InChI is InChI=1S/C40H35N/c1-2-10-28(11-3-1)29-12-8-13-30(25-29)33-14-5-7-18-37(33)41-38-19-9-16-35-34-15-4-6-17-36(34)40(39(35)38)31-21-26-20-27(23-31)24-32(40)22-26/h1-19,25-27,31-32,41H,20-24H2. The molecule has 4 bridgehead atoms. The minimum absolute atomic E-state index is 0.144. The predicted molar refractivity (Wildman–Crippen MR) is 170 cm³/mol. The first-order chi connectivity index (χ1) is 20.3. The molecule has 0 aliphatic heterocycles. The van der Waals surface area contributed by atoms with E-state index in [9.17, 15) is 0 Å². The molecule has 5 aromatic carbocycles. The largest absolute Gasteiger partial charge is 0.355 e. The van der Waals surface area contributed by atoms with Crippen molar-refractivity contribution in [2.75, 3.05) is 5.32 Å². The number of hydrogen-bond donors (Lipinski definition) is 1. The Morgan fingerprint density at radius 1 is 0.463 bits per heavy atom. The maximum absolute atomic E-state index is 4.05. The minimum Gasteiger partial charge on any atom is -0.355 e. The van der Waals surface area contributed by atoms with E-state index in [0.717, 1.165) is 23.7 Å². The molecule has 0 atom stereocenters. The average Bonchev–Trinajstić information content (AvgIpc) is 3.32. The lowest BCUT2D eigenvalue weighted by molar-refractivity contribution is -0.0396. The first kappa shape index (κ1) is 23.6. The molecule has 0 radical (unpaired) electrons. The maximum atomic E-state index is 4.05. The second-order valence-corrected chi connectivity index (χ2v) is 13.1. The number of nitrogens with one attached hydrogen (secondary N) is 1. The predicted octanol–water partition coefficient (Wildman–Crippen LogP) is 10.5. The van der Waals surface area contributed by atoms with Crippen LogP contribution in [-0.4, -0.2) is 0 Å². The molecule has 5 aromatic rings. The molecule has 1 spiro atoms. The van der Waals surface area contributed by atoms with Crippen molar-refractivity contribution in [3.63, 3.8) is 0 Å². The van der Waals surface area contributed by atoms with E-state index in [-0.39, 0.29) is 5.41 Å². The number of para-hydroxylation sites is 1. The van der Waals surface area contributed by atoms with E-state index in [0.29, 0.717) is 0 Å². The summed E-state index contributed by atoms with van der Waals surface area (Å²) in [5.41, 5.74) is 13.8. The van der Waals surface area contributed by atoms with Crippen LogP contribution in [0, 0.1) is 23.7 Å². The molecule has 5 aliphatic carbocycles. The molecule has 41 heavy (non-hydrogen) atoms. The van der Waals surface area contributed by atoms with Gasteiger partial charge in [-0.2, -0.15) is 0 Å². The number of fused-ring (bicyclic) bond motifs is 3. The van der Waals surface area contributed by atoms with Crippen molar-refractivity contribution in [2.24, 2.45) is 23.7 Å². The van der Waals surface area contributed by atoms with Gasteiger partial charge >= 0.3 is 0 Å². The van der Waals surface area contributed by atoms with Crippen molar-refractivity contribution in [3.8, 4) is 33.4 Å². The second-order valence-electron chi connectivity index (χ2n) is 13.1. The van der Waals surface area contributed by atoms with Crippen molar-refractivity contribution in [1.29, 1.82) is 0 Å². The van der Waals surface area contributed by atoms with E-state index in [1.165, 1.54) is 76.9 Å². The van der Waals surface area contributed by atoms with Crippen LogP contribution in [0.15, 0.2) is 121 Å². The Morgan fingerprint density at radius 2 is 1.05 bits per heavy atom. The van der Waals surface area contributed by atoms with Crippen LogP contribution in [0.3, 0.4) is 0 Å². The molecule has 5 aliphatic rings. The van der Waals surface area contributed by atoms with Crippen LogP contribution in [0.1, 0.15) is 43.2 Å². The summed E-state index contributed by atoms with van der Waals surface area (Å²) in [6, 6.07) is 45.0. The van der Waals surface area contributed by atoms with Gasteiger partial charge in [0.2, 0.25) is 0 Å². The van der Waals surface area contributed by atoms with Crippen LogP contribution in [0.2, 0.25) is 0 Å². The quantitative estimate of drug-likeness (QED) is 0.244. The summed E-state index contributed by atoms with van der Waals surface area (Å²) < 4.78 is 0. The minimum atomic E-state index is 0.144. The molecule has 0 heterocycles. The molecule has 1 heteroatoms. The zero-order chi connectivity index (χ0) is 27.0. The fraction of sp³-hybridized carbons (Fsp3) is 0.250. The molecule has 0 saturated heterocycles. The molecule has 1 nitrogen and oxygen atoms in total. The van der Waals surface area contributed by atoms with Gasteiger partial charge in [-0.15, -0.1) is 0 Å². The molecule has 1 N–H and O–H groups in total. The van der Waals surface area contributed by atoms with Gasteiger partial charge in [0.1, 0.15) is 0 Å². The third kappa shape index (κ3) is 3.42. The first-order valence-electron chi connectivity index (χ1n) is 15.5. The highest BCUT2D eigenvalue weighted by atomic mass is 14.9. The van der Waals surface area contributed by atoms with Gasteiger partial charge in [0.15, 0.2) is 0 Å². The molecule has 10 rings (SSSR count). The van der Waals surface area contributed by atoms with Gasteiger partial charge in [-0.25, -0.2) is 0 Å². The Hall–Kier alpha value is -4.10. The molecule has 200 valence electrons. The van der Waals surface area contributed by atoms with Crippen molar-refractivity contribution in [1.82, 2.24) is 0 Å². The molecule has 0 unspecified atom stereocenters. The highest BCUT2D eigenvalue weighted by molar-refractivity contribution is 5.90. The monoisotopic (exact) mass is 529 g/mol. The molecular formula is C40H35N. The lowest BCUT2D eigenvalue weighted by atomic mass is 9.43. The fourth-order valence-corrected chi connectivity index (χ4v) is 9.80. The van der Waals surface area contributed by atoms with Crippen molar-refractivity contribution >= 4 is 11.4 Å². The average molecular weight is 530 g/mol. The number of benzene rings is 5. The zero-order valence-corrected chi connectivity index (χ0v) is 23.4. The maximum Gasteiger partial charge on any atom is 0.0463 e. The third-order valence-electron chi connectivity index (χ3n) is 11.0. The van der Waals surface area contributed by atoms with E-state index in [4.69, 9.17) is 0 Å². The summed E-state index contributed by atoms with van der Waals surface area (Å²) in [6.45, 7) is 0. The van der Waals surface area contributed by atoms with Crippen molar-refractivity contribution < 1.29 is 0 Å². The van der Waals surface area contributed by atoms with Gasteiger partial charge in [0.05, 0.1) is 0 Å². The Balaban J connectivity index is 1.18. The van der Waals surface area contributed by atoms with Gasteiger partial charge in [-0.1, -0.05) is 103 Å². The zero-order valence-electron chi connectivity index (χ0n) is 23.4. The van der Waals surface area contributed by atoms with E-state index in [1.54, 1.807) is 11.1 Å². The van der Waals surface area contributed by atoms with Gasteiger partial charge < -0.3 is 5.32 Å². The summed E-state index contributed by atoms with van der Waals surface area (Å²) in [5, 5.41) is 4.05. The molecule has 4 saturated carbocycles. The van der Waals surface area contributed by atoms with Crippen molar-refractivity contribution in [2.45, 2.75) is 37.5 Å². The highest BCUT2D eigenvalue weighted by Crippen LogP contribution is 2.70. The summed E-state index contributed by atoms with van der Waals surface area (Å²) in [7, 11) is 0. The van der Waals surface area contributed by atoms with Crippen molar-refractivity contribution in [3.05, 3.63) is 132 Å². The first-order valence-corrected chi connectivity index (χ1v) is 15.5. The summed E-state index contributed by atoms with van der Waals surface area (Å²) >= 11 is 0. The van der Waals surface area contributed by atoms with Crippen LogP contribution in [0.25, 0.3) is 33.4 Å². The Bertz CT molecular complexity index is 1750. The van der Waals surface area contributed by atoms with Crippen LogP contribution < -0.4 is 5.32 Å². The van der Waals surface area contributed by atoms with Crippen LogP contribution in [-0.2, 0) is 5.41 Å². The number of rotatable bonds is 4. The third-order valence-corrected chi connectivity index (χ3v) is 11.0. The molecule has 0 aromatic heterocycles.